The maximum absolute atomic E-state index is 7.26. The molecule has 1 aromatic heterocycles. The summed E-state index contributed by atoms with van der Waals surface area (Å²) >= 11 is 5.45. The van der Waals surface area contributed by atoms with Gasteiger partial charge in [0.1, 0.15) is 0 Å². The summed E-state index contributed by atoms with van der Waals surface area (Å²) < 4.78 is 35.4. The number of rotatable bonds is 2. The third-order valence-electron chi connectivity index (χ3n) is 0.800. The fraction of sp³-hybridized carbons (Fsp3) is 0.400. The van der Waals surface area contributed by atoms with E-state index in [-0.39, 0.29) is 17.2 Å². The van der Waals surface area contributed by atoms with Gasteiger partial charge in [-0.1, -0.05) is 0 Å². The second kappa shape index (κ2) is 3.34. The molecule has 5 nitrogen and oxygen atoms in total. The molecule has 60 valence electrons. The van der Waals surface area contributed by atoms with Gasteiger partial charge in [0.2, 0.25) is 17.2 Å². The van der Waals surface area contributed by atoms with E-state index in [4.69, 9.17) is 24.2 Å². The first-order chi connectivity index (χ1) is 7.12. The summed E-state index contributed by atoms with van der Waals surface area (Å²) in [5.74, 6) is -0.567. The van der Waals surface area contributed by atoms with Gasteiger partial charge in [-0.25, -0.2) is 0 Å². The van der Waals surface area contributed by atoms with E-state index < -0.39 is 13.3 Å². The molecule has 0 saturated heterocycles. The van der Waals surface area contributed by atoms with E-state index in [2.05, 4.69) is 15.0 Å². The Balaban J connectivity index is 2.96. The molecule has 0 aliphatic heterocycles. The van der Waals surface area contributed by atoms with Gasteiger partial charge >= 0.3 is 0 Å². The normalized spacial score (nSPS) is 18.8. The van der Waals surface area contributed by atoms with Crippen molar-refractivity contribution in [1.82, 2.24) is 15.0 Å². The van der Waals surface area contributed by atoms with Crippen molar-refractivity contribution in [2.75, 3.05) is 17.5 Å². The standard InChI is InChI=1S/C5H8ClN5/c1-2-8-5-10-3(6)9-4(7)11-5/h2H2,1H3,(H3,7,8,9,10,11)/i1D3,2D2. The molecule has 0 fully saturated rings. The van der Waals surface area contributed by atoms with Crippen LogP contribution in [0.25, 0.3) is 0 Å². The SMILES string of the molecule is [2H]C([2H])([2H])C([2H])([2H])Nc1nc(N)nc(Cl)n1. The van der Waals surface area contributed by atoms with Gasteiger partial charge in [-0.05, 0) is 18.5 Å². The minimum atomic E-state index is -2.87. The number of anilines is 2. The number of nitrogens with one attached hydrogen (secondary N) is 1. The molecule has 3 N–H and O–H groups in total. The molecule has 0 saturated carbocycles. The van der Waals surface area contributed by atoms with Gasteiger partial charge in [-0.15, -0.1) is 0 Å². The predicted octanol–water partition coefficient (Wildman–Crippen LogP) is 0.539. The Morgan fingerprint density at radius 1 is 1.73 bits per heavy atom. The highest BCUT2D eigenvalue weighted by molar-refractivity contribution is 6.28. The number of aromatic nitrogens is 3. The maximum atomic E-state index is 7.26. The molecule has 0 bridgehead atoms. The molecule has 0 amide bonds. The monoisotopic (exact) mass is 178 g/mol. The van der Waals surface area contributed by atoms with Crippen molar-refractivity contribution >= 4 is 23.5 Å². The lowest BCUT2D eigenvalue weighted by atomic mass is 10.7. The first kappa shape index (κ1) is 3.53. The van der Waals surface area contributed by atoms with Crippen LogP contribution in [0.3, 0.4) is 0 Å². The maximum Gasteiger partial charge on any atom is 0.228 e. The third-order valence-corrected chi connectivity index (χ3v) is 0.969. The van der Waals surface area contributed by atoms with Crippen LogP contribution in [0, 0.1) is 0 Å². The van der Waals surface area contributed by atoms with Crippen molar-refractivity contribution in [3.8, 4) is 0 Å². The first-order valence-corrected chi connectivity index (χ1v) is 2.95. The second-order valence-corrected chi connectivity index (χ2v) is 1.87. The average Bonchev–Trinajstić information content (AvgIpc) is 1.97. The fourth-order valence-corrected chi connectivity index (χ4v) is 0.644. The lowest BCUT2D eigenvalue weighted by molar-refractivity contribution is 1.03. The Morgan fingerprint density at radius 2 is 2.55 bits per heavy atom. The van der Waals surface area contributed by atoms with Crippen molar-refractivity contribution in [3.63, 3.8) is 0 Å². The minimum Gasteiger partial charge on any atom is -0.368 e. The third kappa shape index (κ3) is 2.19. The summed E-state index contributed by atoms with van der Waals surface area (Å²) in [6.07, 6.45) is 0. The Hall–Kier alpha value is -1.10. The Bertz CT molecular complexity index is 373. The fourth-order valence-electron chi connectivity index (χ4n) is 0.477. The Labute approximate surface area is 76.0 Å². The zero-order chi connectivity index (χ0) is 12.6. The van der Waals surface area contributed by atoms with Crippen LogP contribution < -0.4 is 11.1 Å². The molecule has 6 heteroatoms. The summed E-state index contributed by atoms with van der Waals surface area (Å²) in [5.41, 5.74) is 5.24. The molecule has 11 heavy (non-hydrogen) atoms. The van der Waals surface area contributed by atoms with Crippen molar-refractivity contribution < 1.29 is 6.85 Å². The van der Waals surface area contributed by atoms with Crippen molar-refractivity contribution in [3.05, 3.63) is 5.28 Å². The van der Waals surface area contributed by atoms with Crippen LogP contribution in [0.15, 0.2) is 0 Å². The summed E-state index contributed by atoms with van der Waals surface area (Å²) in [7, 11) is 0. The van der Waals surface area contributed by atoms with E-state index >= 15 is 0 Å². The highest BCUT2D eigenvalue weighted by Crippen LogP contribution is 2.05. The Morgan fingerprint density at radius 3 is 3.18 bits per heavy atom. The average molecular weight is 179 g/mol. The van der Waals surface area contributed by atoms with Gasteiger partial charge in [-0.3, -0.25) is 0 Å². The number of nitrogens with zero attached hydrogens (tertiary/aromatic N) is 3. The number of hydrogen-bond donors (Lipinski definition) is 2. The molecule has 0 atom stereocenters. The van der Waals surface area contributed by atoms with E-state index in [0.717, 1.165) is 0 Å². The van der Waals surface area contributed by atoms with Gasteiger partial charge in [-0.2, -0.15) is 15.0 Å². The van der Waals surface area contributed by atoms with E-state index in [0.29, 0.717) is 0 Å². The molecule has 1 heterocycles. The summed E-state index contributed by atoms with van der Waals surface area (Å²) in [6.45, 7) is -5.56. The van der Waals surface area contributed by atoms with Gasteiger partial charge in [0.15, 0.2) is 0 Å². The molecular formula is C5H8ClN5. The van der Waals surface area contributed by atoms with Crippen LogP contribution >= 0.6 is 11.6 Å². The highest BCUT2D eigenvalue weighted by Gasteiger charge is 1.98. The minimum absolute atomic E-state index is 0.233. The Kier molecular flexibility index (Phi) is 1.07. The first-order valence-electron chi connectivity index (χ1n) is 5.07. The van der Waals surface area contributed by atoms with Crippen LogP contribution in [0.2, 0.25) is 5.28 Å². The topological polar surface area (TPSA) is 76.7 Å². The quantitative estimate of drug-likeness (QED) is 0.691. The molecule has 0 aliphatic rings. The van der Waals surface area contributed by atoms with Crippen molar-refractivity contribution in [1.29, 1.82) is 0 Å². The summed E-state index contributed by atoms with van der Waals surface area (Å²) in [6, 6.07) is 0. The van der Waals surface area contributed by atoms with Crippen LogP contribution in [-0.2, 0) is 0 Å². The largest absolute Gasteiger partial charge is 0.368 e. The summed E-state index contributed by atoms with van der Waals surface area (Å²) in [5, 5.41) is 1.73. The van der Waals surface area contributed by atoms with Gasteiger partial charge in [0, 0.05) is 13.4 Å². The van der Waals surface area contributed by atoms with Crippen LogP contribution in [-0.4, -0.2) is 21.4 Å². The number of hydrogen-bond acceptors (Lipinski definition) is 5. The van der Waals surface area contributed by atoms with Crippen LogP contribution in [0.5, 0.6) is 0 Å². The van der Waals surface area contributed by atoms with Crippen molar-refractivity contribution in [2.24, 2.45) is 0 Å². The molecule has 0 aliphatic carbocycles. The van der Waals surface area contributed by atoms with E-state index in [1.54, 1.807) is 0 Å². The lowest BCUT2D eigenvalue weighted by Crippen LogP contribution is -2.05. The number of halogens is 1. The smallest absolute Gasteiger partial charge is 0.228 e. The van der Waals surface area contributed by atoms with Crippen molar-refractivity contribution in [2.45, 2.75) is 6.85 Å². The van der Waals surface area contributed by atoms with Gasteiger partial charge in [0.05, 0.1) is 0 Å². The highest BCUT2D eigenvalue weighted by atomic mass is 35.5. The number of nitrogen functional groups attached to an aromatic ring is 1. The number of nitrogens with two attached hydrogens (primary N) is 1. The molecule has 0 radical (unpaired) electrons. The molecule has 0 aromatic carbocycles. The van der Waals surface area contributed by atoms with E-state index in [1.807, 2.05) is 5.32 Å². The predicted molar refractivity (Wildman–Crippen MR) is 43.4 cm³/mol. The molecule has 1 rings (SSSR count). The zero-order valence-corrected chi connectivity index (χ0v) is 6.05. The van der Waals surface area contributed by atoms with Crippen LogP contribution in [0.1, 0.15) is 13.7 Å². The van der Waals surface area contributed by atoms with E-state index in [1.165, 1.54) is 0 Å². The molecule has 0 spiro atoms. The lowest BCUT2D eigenvalue weighted by Gasteiger charge is -2.00. The van der Waals surface area contributed by atoms with Gasteiger partial charge < -0.3 is 11.1 Å². The summed E-state index contributed by atoms with van der Waals surface area (Å²) in [4.78, 5) is 10.4. The molecule has 0 unspecified atom stereocenters. The molecule has 1 aromatic rings. The molecular weight excluding hydrogens is 166 g/mol. The van der Waals surface area contributed by atoms with Crippen LogP contribution in [0.4, 0.5) is 11.9 Å². The zero-order valence-electron chi connectivity index (χ0n) is 10.3. The van der Waals surface area contributed by atoms with E-state index in [9.17, 15) is 0 Å². The van der Waals surface area contributed by atoms with Gasteiger partial charge in [0.25, 0.3) is 0 Å². The second-order valence-electron chi connectivity index (χ2n) is 1.54.